The largest absolute Gasteiger partial charge is 0.313 e. The number of aromatic nitrogens is 2. The second kappa shape index (κ2) is 3.71. The fourth-order valence-corrected chi connectivity index (χ4v) is 2.13. The van der Waals surface area contributed by atoms with Crippen LogP contribution in [0.2, 0.25) is 0 Å². The third-order valence-corrected chi connectivity index (χ3v) is 2.80. The number of imidazole rings is 1. The summed E-state index contributed by atoms with van der Waals surface area (Å²) in [7, 11) is 1.92. The molecule has 0 amide bonds. The Balaban J connectivity index is 2.72. The van der Waals surface area contributed by atoms with Crippen LogP contribution in [0.1, 0.15) is 11.5 Å². The summed E-state index contributed by atoms with van der Waals surface area (Å²) in [5.74, 6) is 1.03. The molecule has 4 heteroatoms. The van der Waals surface area contributed by atoms with Crippen LogP contribution in [0.15, 0.2) is 22.8 Å². The summed E-state index contributed by atoms with van der Waals surface area (Å²) in [6, 6.07) is 6.18. The van der Waals surface area contributed by atoms with E-state index in [0.717, 1.165) is 22.5 Å². The standard InChI is InChI=1S/C10H12BrN3/c1-7-4-3-5-8-10(11)13-9(6-12-2)14(7)8/h3-5,12H,6H2,1-2H3. The number of hydrogen-bond acceptors (Lipinski definition) is 2. The quantitative estimate of drug-likeness (QED) is 0.889. The maximum atomic E-state index is 4.46. The minimum atomic E-state index is 0.775. The van der Waals surface area contributed by atoms with Gasteiger partial charge >= 0.3 is 0 Å². The maximum Gasteiger partial charge on any atom is 0.132 e. The monoisotopic (exact) mass is 253 g/mol. The normalized spacial score (nSPS) is 11.1. The van der Waals surface area contributed by atoms with Crippen molar-refractivity contribution >= 4 is 21.4 Å². The number of fused-ring (bicyclic) bond motifs is 1. The molecule has 0 unspecified atom stereocenters. The van der Waals surface area contributed by atoms with Gasteiger partial charge < -0.3 is 5.32 Å². The third-order valence-electron chi connectivity index (χ3n) is 2.22. The molecule has 0 bridgehead atoms. The zero-order valence-electron chi connectivity index (χ0n) is 8.21. The highest BCUT2D eigenvalue weighted by Gasteiger charge is 2.08. The molecule has 0 saturated carbocycles. The van der Waals surface area contributed by atoms with Gasteiger partial charge in [0.1, 0.15) is 10.4 Å². The molecule has 1 N–H and O–H groups in total. The van der Waals surface area contributed by atoms with Gasteiger partial charge in [0.25, 0.3) is 0 Å². The van der Waals surface area contributed by atoms with Crippen molar-refractivity contribution in [1.29, 1.82) is 0 Å². The highest BCUT2D eigenvalue weighted by molar-refractivity contribution is 9.10. The first-order chi connectivity index (χ1) is 6.74. The summed E-state index contributed by atoms with van der Waals surface area (Å²) in [4.78, 5) is 4.46. The van der Waals surface area contributed by atoms with Crippen LogP contribution in [0.3, 0.4) is 0 Å². The van der Waals surface area contributed by atoms with Crippen molar-refractivity contribution in [3.05, 3.63) is 34.3 Å². The van der Waals surface area contributed by atoms with Crippen LogP contribution in [0.5, 0.6) is 0 Å². The Morgan fingerprint density at radius 3 is 3.00 bits per heavy atom. The van der Waals surface area contributed by atoms with Gasteiger partial charge in [0, 0.05) is 5.69 Å². The first-order valence-corrected chi connectivity index (χ1v) is 5.30. The van der Waals surface area contributed by atoms with Crippen LogP contribution < -0.4 is 5.32 Å². The molecule has 2 heterocycles. The average molecular weight is 254 g/mol. The molecule has 2 aromatic rings. The molecule has 0 aliphatic rings. The fraction of sp³-hybridized carbons (Fsp3) is 0.300. The Kier molecular flexibility index (Phi) is 2.56. The first kappa shape index (κ1) is 9.68. The van der Waals surface area contributed by atoms with E-state index in [1.165, 1.54) is 5.69 Å². The summed E-state index contributed by atoms with van der Waals surface area (Å²) in [5.41, 5.74) is 2.32. The van der Waals surface area contributed by atoms with Crippen LogP contribution in [0.4, 0.5) is 0 Å². The van der Waals surface area contributed by atoms with Gasteiger partial charge in [0.2, 0.25) is 0 Å². The van der Waals surface area contributed by atoms with Crippen molar-refractivity contribution in [3.63, 3.8) is 0 Å². The number of hydrogen-bond donors (Lipinski definition) is 1. The predicted octanol–water partition coefficient (Wildman–Crippen LogP) is 2.12. The fourth-order valence-electron chi connectivity index (χ4n) is 1.62. The molecule has 2 rings (SSSR count). The maximum absolute atomic E-state index is 4.46. The molecule has 74 valence electrons. The second-order valence-electron chi connectivity index (χ2n) is 3.24. The average Bonchev–Trinajstić information content (AvgIpc) is 2.46. The van der Waals surface area contributed by atoms with E-state index in [2.05, 4.69) is 49.7 Å². The number of aryl methyl sites for hydroxylation is 1. The van der Waals surface area contributed by atoms with Gasteiger partial charge in [-0.15, -0.1) is 0 Å². The third kappa shape index (κ3) is 1.44. The predicted molar refractivity (Wildman–Crippen MR) is 60.4 cm³/mol. The van der Waals surface area contributed by atoms with E-state index in [9.17, 15) is 0 Å². The van der Waals surface area contributed by atoms with Crippen molar-refractivity contribution < 1.29 is 0 Å². The van der Waals surface area contributed by atoms with Crippen molar-refractivity contribution in [2.75, 3.05) is 7.05 Å². The van der Waals surface area contributed by atoms with Gasteiger partial charge in [-0.2, -0.15) is 0 Å². The zero-order chi connectivity index (χ0) is 10.1. The number of rotatable bonds is 2. The van der Waals surface area contributed by atoms with Crippen LogP contribution in [0.25, 0.3) is 5.52 Å². The Morgan fingerprint density at radius 2 is 2.29 bits per heavy atom. The molecule has 3 nitrogen and oxygen atoms in total. The first-order valence-electron chi connectivity index (χ1n) is 4.51. The SMILES string of the molecule is CNCc1nc(Br)c2cccc(C)n12. The molecule has 0 saturated heterocycles. The van der Waals surface area contributed by atoms with Gasteiger partial charge in [-0.1, -0.05) is 6.07 Å². The van der Waals surface area contributed by atoms with Crippen molar-refractivity contribution in [3.8, 4) is 0 Å². The van der Waals surface area contributed by atoms with Crippen molar-refractivity contribution in [2.24, 2.45) is 0 Å². The number of nitrogens with zero attached hydrogens (tertiary/aromatic N) is 2. The Bertz CT molecular complexity index is 462. The smallest absolute Gasteiger partial charge is 0.132 e. The molecule has 0 spiro atoms. The lowest BCUT2D eigenvalue weighted by Gasteiger charge is -2.03. The molecule has 0 fully saturated rings. The van der Waals surface area contributed by atoms with Gasteiger partial charge in [-0.05, 0) is 42.0 Å². The minimum Gasteiger partial charge on any atom is -0.313 e. The molecule has 0 radical (unpaired) electrons. The summed E-state index contributed by atoms with van der Waals surface area (Å²) in [5, 5.41) is 3.11. The second-order valence-corrected chi connectivity index (χ2v) is 3.99. The molecule has 0 atom stereocenters. The van der Waals surface area contributed by atoms with Crippen LogP contribution in [-0.2, 0) is 6.54 Å². The van der Waals surface area contributed by atoms with Crippen molar-refractivity contribution in [1.82, 2.24) is 14.7 Å². The van der Waals surface area contributed by atoms with Gasteiger partial charge in [0.15, 0.2) is 0 Å². The van der Waals surface area contributed by atoms with E-state index >= 15 is 0 Å². The lowest BCUT2D eigenvalue weighted by atomic mass is 10.3. The zero-order valence-corrected chi connectivity index (χ0v) is 9.80. The molecular weight excluding hydrogens is 242 g/mol. The minimum absolute atomic E-state index is 0.775. The van der Waals surface area contributed by atoms with E-state index in [4.69, 9.17) is 0 Å². The van der Waals surface area contributed by atoms with E-state index in [1.54, 1.807) is 0 Å². The number of pyridine rings is 1. The summed E-state index contributed by atoms with van der Waals surface area (Å²) in [6.07, 6.45) is 0. The number of halogens is 1. The highest BCUT2D eigenvalue weighted by atomic mass is 79.9. The van der Waals surface area contributed by atoms with Crippen LogP contribution in [0, 0.1) is 6.92 Å². The van der Waals surface area contributed by atoms with E-state index < -0.39 is 0 Å². The van der Waals surface area contributed by atoms with Gasteiger partial charge in [0.05, 0.1) is 12.1 Å². The molecule has 14 heavy (non-hydrogen) atoms. The topological polar surface area (TPSA) is 29.3 Å². The van der Waals surface area contributed by atoms with Crippen LogP contribution in [-0.4, -0.2) is 16.4 Å². The molecule has 0 aliphatic carbocycles. The van der Waals surface area contributed by atoms with Gasteiger partial charge in [-0.3, -0.25) is 4.40 Å². The van der Waals surface area contributed by atoms with E-state index in [0.29, 0.717) is 0 Å². The summed E-state index contributed by atoms with van der Waals surface area (Å²) < 4.78 is 3.06. The van der Waals surface area contributed by atoms with Crippen molar-refractivity contribution in [2.45, 2.75) is 13.5 Å². The Labute approximate surface area is 91.3 Å². The van der Waals surface area contributed by atoms with E-state index in [-0.39, 0.29) is 0 Å². The number of nitrogens with one attached hydrogen (secondary N) is 1. The molecule has 0 aliphatic heterocycles. The molecular formula is C10H12BrN3. The van der Waals surface area contributed by atoms with Crippen LogP contribution >= 0.6 is 15.9 Å². The Morgan fingerprint density at radius 1 is 1.50 bits per heavy atom. The lowest BCUT2D eigenvalue weighted by Crippen LogP contribution is -2.09. The van der Waals surface area contributed by atoms with Gasteiger partial charge in [-0.25, -0.2) is 4.98 Å². The highest BCUT2D eigenvalue weighted by Crippen LogP contribution is 2.20. The Hall–Kier alpha value is -0.870. The van der Waals surface area contributed by atoms with E-state index in [1.807, 2.05) is 13.1 Å². The summed E-state index contributed by atoms with van der Waals surface area (Å²) in [6.45, 7) is 2.86. The molecule has 2 aromatic heterocycles. The molecule has 0 aromatic carbocycles. The lowest BCUT2D eigenvalue weighted by molar-refractivity contribution is 0.748. The summed E-state index contributed by atoms with van der Waals surface area (Å²) >= 11 is 3.46.